The largest absolute Gasteiger partial charge is 0.493 e. The number of rotatable bonds is 11. The molecule has 5 rings (SSSR count). The minimum absolute atomic E-state index is 0.00120. The first-order valence-corrected chi connectivity index (χ1v) is 14.8. The van der Waals surface area contributed by atoms with E-state index >= 15 is 0 Å². The number of hydrogen-bond acceptors (Lipinski definition) is 8. The Morgan fingerprint density at radius 2 is 1.68 bits per heavy atom. The fourth-order valence-corrected chi connectivity index (χ4v) is 5.62. The van der Waals surface area contributed by atoms with Gasteiger partial charge in [0.05, 0.1) is 31.9 Å². The first kappa shape index (κ1) is 30.5. The van der Waals surface area contributed by atoms with E-state index in [0.29, 0.717) is 39.3 Å². The summed E-state index contributed by atoms with van der Waals surface area (Å²) in [5.41, 5.74) is 2.62. The van der Waals surface area contributed by atoms with Crippen LogP contribution in [0.4, 0.5) is 5.69 Å². The number of nitrogens with zero attached hydrogens (tertiary/aromatic N) is 4. The van der Waals surface area contributed by atoms with E-state index < -0.39 is 17.9 Å². The highest BCUT2D eigenvalue weighted by molar-refractivity contribution is 6.02. The van der Waals surface area contributed by atoms with E-state index in [0.717, 1.165) is 32.1 Å². The van der Waals surface area contributed by atoms with Crippen molar-refractivity contribution in [2.45, 2.75) is 57.7 Å². The summed E-state index contributed by atoms with van der Waals surface area (Å²) >= 11 is 0. The molecule has 0 spiro atoms. The number of para-hydroxylation sites is 1. The van der Waals surface area contributed by atoms with Gasteiger partial charge in [0.15, 0.2) is 11.5 Å². The lowest BCUT2D eigenvalue weighted by molar-refractivity contribution is -0.127. The van der Waals surface area contributed by atoms with Crippen LogP contribution in [0.2, 0.25) is 0 Å². The number of nitrogens with one attached hydrogen (secondary N) is 1. The van der Waals surface area contributed by atoms with E-state index in [1.54, 1.807) is 49.4 Å². The van der Waals surface area contributed by atoms with Crippen LogP contribution < -0.4 is 19.7 Å². The molecule has 1 heterocycles. The molecule has 0 aliphatic heterocycles. The smallest absolute Gasteiger partial charge is 0.338 e. The Morgan fingerprint density at radius 1 is 0.955 bits per heavy atom. The fourth-order valence-electron chi connectivity index (χ4n) is 5.62. The lowest BCUT2D eigenvalue weighted by Crippen LogP contribution is -2.48. The van der Waals surface area contributed by atoms with Crippen LogP contribution in [0.3, 0.4) is 0 Å². The fraction of sp³-hybridized carbons (Fsp3) is 0.364. The number of esters is 1. The first-order chi connectivity index (χ1) is 21.4. The number of carbonyl (C=O) groups is 3. The Balaban J connectivity index is 1.60. The Hall–Kier alpha value is -4.93. The molecule has 1 aliphatic rings. The molecule has 4 aromatic rings. The van der Waals surface area contributed by atoms with Crippen LogP contribution in [0.1, 0.15) is 61.0 Å². The number of amides is 2. The summed E-state index contributed by atoms with van der Waals surface area (Å²) in [6, 6.07) is 17.9. The summed E-state index contributed by atoms with van der Waals surface area (Å²) in [4.78, 5) is 42.5. The summed E-state index contributed by atoms with van der Waals surface area (Å²) < 4.78 is 17.7. The maximum Gasteiger partial charge on any atom is 0.338 e. The molecule has 3 aromatic carbocycles. The molecular weight excluding hydrogens is 562 g/mol. The van der Waals surface area contributed by atoms with Gasteiger partial charge in [-0.3, -0.25) is 14.5 Å². The van der Waals surface area contributed by atoms with Crippen molar-refractivity contribution in [1.29, 1.82) is 0 Å². The Kier molecular flexibility index (Phi) is 9.73. The zero-order valence-corrected chi connectivity index (χ0v) is 25.2. The minimum atomic E-state index is -1.08. The molecule has 44 heavy (non-hydrogen) atoms. The van der Waals surface area contributed by atoms with Crippen LogP contribution in [0.15, 0.2) is 66.7 Å². The van der Waals surface area contributed by atoms with Gasteiger partial charge < -0.3 is 19.5 Å². The second-order valence-corrected chi connectivity index (χ2v) is 10.6. The highest BCUT2D eigenvalue weighted by Gasteiger charge is 2.35. The van der Waals surface area contributed by atoms with Crippen molar-refractivity contribution in [2.24, 2.45) is 0 Å². The van der Waals surface area contributed by atoms with Gasteiger partial charge in [0.1, 0.15) is 18.1 Å². The maximum atomic E-state index is 14.4. The lowest BCUT2D eigenvalue weighted by Gasteiger charge is -2.33. The van der Waals surface area contributed by atoms with Crippen molar-refractivity contribution in [2.75, 3.05) is 25.7 Å². The van der Waals surface area contributed by atoms with Gasteiger partial charge in [-0.05, 0) is 73.9 Å². The summed E-state index contributed by atoms with van der Waals surface area (Å²) in [6.07, 6.45) is 4.94. The van der Waals surface area contributed by atoms with Crippen LogP contribution in [0.5, 0.6) is 11.5 Å². The van der Waals surface area contributed by atoms with Crippen molar-refractivity contribution in [3.8, 4) is 11.5 Å². The number of carbonyl (C=O) groups excluding carboxylic acids is 3. The second kappa shape index (κ2) is 14.0. The van der Waals surface area contributed by atoms with E-state index in [1.807, 2.05) is 24.3 Å². The van der Waals surface area contributed by atoms with Crippen molar-refractivity contribution in [3.63, 3.8) is 0 Å². The Labute approximate surface area is 256 Å². The Bertz CT molecular complexity index is 1610. The Morgan fingerprint density at radius 3 is 2.39 bits per heavy atom. The quantitative estimate of drug-likeness (QED) is 0.243. The predicted octanol–water partition coefficient (Wildman–Crippen LogP) is 4.85. The normalized spacial score (nSPS) is 14.1. The van der Waals surface area contributed by atoms with Gasteiger partial charge in [0, 0.05) is 11.7 Å². The van der Waals surface area contributed by atoms with E-state index in [4.69, 9.17) is 14.2 Å². The molecule has 1 N–H and O–H groups in total. The topological polar surface area (TPSA) is 125 Å². The molecule has 11 nitrogen and oxygen atoms in total. The number of anilines is 1. The molecule has 230 valence electrons. The van der Waals surface area contributed by atoms with Crippen molar-refractivity contribution < 1.29 is 28.6 Å². The minimum Gasteiger partial charge on any atom is -0.493 e. The molecule has 0 unspecified atom stereocenters. The van der Waals surface area contributed by atoms with Gasteiger partial charge in [-0.2, -0.15) is 0 Å². The van der Waals surface area contributed by atoms with Crippen LogP contribution in [0, 0.1) is 0 Å². The third kappa shape index (κ3) is 6.66. The first-order valence-electron chi connectivity index (χ1n) is 14.8. The molecule has 11 heteroatoms. The summed E-state index contributed by atoms with van der Waals surface area (Å²) in [5, 5.41) is 11.6. The van der Waals surface area contributed by atoms with Gasteiger partial charge in [-0.1, -0.05) is 42.7 Å². The monoisotopic (exact) mass is 599 g/mol. The average molecular weight is 600 g/mol. The highest BCUT2D eigenvalue weighted by atomic mass is 16.5. The molecule has 1 aliphatic carbocycles. The number of aromatic nitrogens is 3. The third-order valence-corrected chi connectivity index (χ3v) is 7.81. The molecule has 0 saturated heterocycles. The SMILES string of the molecule is CCOC(=O)c1ccc(N(C(=O)Cn2nnc3ccccc32)[C@@H](C(=O)NC2CCCCC2)c2ccc(OC)c(OC)c2)cc1. The summed E-state index contributed by atoms with van der Waals surface area (Å²) in [7, 11) is 3.06. The molecule has 1 atom stereocenters. The van der Waals surface area contributed by atoms with E-state index in [-0.39, 0.29) is 25.1 Å². The predicted molar refractivity (Wildman–Crippen MR) is 165 cm³/mol. The van der Waals surface area contributed by atoms with E-state index in [2.05, 4.69) is 15.6 Å². The van der Waals surface area contributed by atoms with Crippen LogP contribution in [-0.4, -0.2) is 59.6 Å². The molecule has 1 aromatic heterocycles. The van der Waals surface area contributed by atoms with Crippen molar-refractivity contribution in [1.82, 2.24) is 20.3 Å². The van der Waals surface area contributed by atoms with Crippen LogP contribution >= 0.6 is 0 Å². The van der Waals surface area contributed by atoms with Gasteiger partial charge >= 0.3 is 5.97 Å². The molecule has 1 fully saturated rings. The second-order valence-electron chi connectivity index (χ2n) is 10.6. The van der Waals surface area contributed by atoms with Crippen LogP contribution in [0.25, 0.3) is 11.0 Å². The highest BCUT2D eigenvalue weighted by Crippen LogP contribution is 2.35. The zero-order chi connectivity index (χ0) is 31.1. The number of ether oxygens (including phenoxy) is 3. The third-order valence-electron chi connectivity index (χ3n) is 7.81. The maximum absolute atomic E-state index is 14.4. The molecular formula is C33H37N5O6. The molecule has 0 radical (unpaired) electrons. The van der Waals surface area contributed by atoms with E-state index in [1.165, 1.54) is 23.8 Å². The zero-order valence-electron chi connectivity index (χ0n) is 25.2. The van der Waals surface area contributed by atoms with Gasteiger partial charge in [0.25, 0.3) is 0 Å². The number of benzene rings is 3. The standard InChI is InChI=1S/C33H37N5O6/c1-4-44-33(41)22-14-17-25(18-15-22)38(30(39)21-37-27-13-9-8-12-26(27)35-36-37)31(32(40)34-24-10-6-5-7-11-24)23-16-19-28(42-2)29(20-23)43-3/h8-9,12-20,24,31H,4-7,10-11,21H2,1-3H3,(H,34,40)/t31-/m1/s1. The lowest BCUT2D eigenvalue weighted by atomic mass is 9.94. The van der Waals surface area contributed by atoms with Crippen LogP contribution in [-0.2, 0) is 20.9 Å². The van der Waals surface area contributed by atoms with Gasteiger partial charge in [-0.25, -0.2) is 9.48 Å². The van der Waals surface area contributed by atoms with Crippen molar-refractivity contribution in [3.05, 3.63) is 77.9 Å². The summed E-state index contributed by atoms with van der Waals surface area (Å²) in [5.74, 6) is -0.280. The van der Waals surface area contributed by atoms with E-state index in [9.17, 15) is 14.4 Å². The molecule has 1 saturated carbocycles. The summed E-state index contributed by atoms with van der Waals surface area (Å²) in [6.45, 7) is 1.79. The number of fused-ring (bicyclic) bond motifs is 1. The molecule has 2 amide bonds. The molecule has 0 bridgehead atoms. The number of hydrogen-bond donors (Lipinski definition) is 1. The average Bonchev–Trinajstić information content (AvgIpc) is 3.46. The van der Waals surface area contributed by atoms with Crippen molar-refractivity contribution >= 4 is 34.5 Å². The van der Waals surface area contributed by atoms with Gasteiger partial charge in [0.2, 0.25) is 11.8 Å². The van der Waals surface area contributed by atoms with Gasteiger partial charge in [-0.15, -0.1) is 5.10 Å². The number of methoxy groups -OCH3 is 2.